The maximum atomic E-state index is 2.44. The first-order chi connectivity index (χ1) is 21.8. The fourth-order valence-electron chi connectivity index (χ4n) is 7.37. The number of benzene rings is 8. The van der Waals surface area contributed by atoms with Crippen molar-refractivity contribution in [2.45, 2.75) is 0 Å². The van der Waals surface area contributed by atoms with Crippen LogP contribution in [0.2, 0.25) is 0 Å². The Bertz CT molecular complexity index is 2700. The molecule has 0 N–H and O–H groups in total. The van der Waals surface area contributed by atoms with E-state index in [1.165, 1.54) is 94.9 Å². The lowest BCUT2D eigenvalue weighted by Gasteiger charge is -2.17. The van der Waals surface area contributed by atoms with E-state index in [9.17, 15) is 0 Å². The summed E-state index contributed by atoms with van der Waals surface area (Å²) in [7, 11) is 0. The minimum absolute atomic E-state index is 1.26. The average Bonchev–Trinajstić information content (AvgIpc) is 3.65. The van der Waals surface area contributed by atoms with E-state index in [-0.39, 0.29) is 0 Å². The second kappa shape index (κ2) is 9.24. The average molecular weight is 593 g/mol. The van der Waals surface area contributed by atoms with Gasteiger partial charge < -0.3 is 0 Å². The zero-order chi connectivity index (χ0) is 28.8. The summed E-state index contributed by atoms with van der Waals surface area (Å²) >= 11 is 3.84. The van der Waals surface area contributed by atoms with Crippen LogP contribution in [0.15, 0.2) is 146 Å². The largest absolute Gasteiger partial charge is 0.135 e. The lowest BCUT2D eigenvalue weighted by molar-refractivity contribution is 1.66. The molecule has 2 heteroatoms. The minimum atomic E-state index is 1.26. The van der Waals surface area contributed by atoms with Gasteiger partial charge >= 0.3 is 0 Å². The molecule has 2 aromatic heterocycles. The number of fused-ring (bicyclic) bond motifs is 11. The van der Waals surface area contributed by atoms with Crippen LogP contribution in [-0.2, 0) is 0 Å². The second-order valence-corrected chi connectivity index (χ2v) is 13.7. The van der Waals surface area contributed by atoms with Gasteiger partial charge in [0.15, 0.2) is 0 Å². The number of hydrogen-bond donors (Lipinski definition) is 0. The third-order valence-corrected chi connectivity index (χ3v) is 11.6. The number of hydrogen-bond acceptors (Lipinski definition) is 2. The van der Waals surface area contributed by atoms with E-state index in [2.05, 4.69) is 146 Å². The summed E-state index contributed by atoms with van der Waals surface area (Å²) in [6.45, 7) is 0. The molecule has 10 aromatic rings. The van der Waals surface area contributed by atoms with Crippen LogP contribution in [0.1, 0.15) is 0 Å². The molecule has 0 aliphatic heterocycles. The van der Waals surface area contributed by atoms with Crippen LogP contribution in [0.3, 0.4) is 0 Å². The molecule has 0 bridgehead atoms. The zero-order valence-electron chi connectivity index (χ0n) is 23.7. The first kappa shape index (κ1) is 24.4. The standard InChI is InChI=1S/C42H24S2/c1-2-11-26(12-3-1)38-29-14-6-8-16-31(29)39(32-17-9-7-15-30(32)38)27-19-20-33-37(24-27)43-35-22-23-36-41(40(33)35)34-21-18-25-10-4-5-13-28(25)42(34)44-36/h1-24H. The van der Waals surface area contributed by atoms with Gasteiger partial charge in [0.05, 0.1) is 0 Å². The Hall–Kier alpha value is -5.02. The third-order valence-electron chi connectivity index (χ3n) is 9.24. The highest BCUT2D eigenvalue weighted by atomic mass is 32.1. The maximum absolute atomic E-state index is 2.44. The highest BCUT2D eigenvalue weighted by molar-refractivity contribution is 7.28. The predicted octanol–water partition coefficient (Wildman–Crippen LogP) is 13.2. The van der Waals surface area contributed by atoms with Gasteiger partial charge in [-0.05, 0) is 72.8 Å². The Balaban J connectivity index is 1.27. The molecule has 0 nitrogen and oxygen atoms in total. The highest BCUT2D eigenvalue weighted by Crippen LogP contribution is 2.48. The van der Waals surface area contributed by atoms with Gasteiger partial charge in [0.25, 0.3) is 0 Å². The molecule has 0 aliphatic rings. The first-order valence-corrected chi connectivity index (χ1v) is 16.7. The predicted molar refractivity (Wildman–Crippen MR) is 196 cm³/mol. The van der Waals surface area contributed by atoms with Crippen LogP contribution in [0.4, 0.5) is 0 Å². The summed E-state index contributed by atoms with van der Waals surface area (Å²) in [6, 6.07) is 53.9. The van der Waals surface area contributed by atoms with E-state index in [1.807, 2.05) is 22.7 Å². The monoisotopic (exact) mass is 592 g/mol. The van der Waals surface area contributed by atoms with Crippen LogP contribution >= 0.6 is 22.7 Å². The number of thiophene rings is 2. The van der Waals surface area contributed by atoms with Crippen LogP contribution < -0.4 is 0 Å². The Labute approximate surface area is 262 Å². The van der Waals surface area contributed by atoms with E-state index in [4.69, 9.17) is 0 Å². The van der Waals surface area contributed by atoms with Gasteiger partial charge in [-0.2, -0.15) is 0 Å². The van der Waals surface area contributed by atoms with Gasteiger partial charge in [0.2, 0.25) is 0 Å². The normalized spacial score (nSPS) is 12.1. The van der Waals surface area contributed by atoms with Crippen molar-refractivity contribution in [3.05, 3.63) is 146 Å². The molecule has 0 fully saturated rings. The van der Waals surface area contributed by atoms with Gasteiger partial charge in [-0.15, -0.1) is 22.7 Å². The van der Waals surface area contributed by atoms with Crippen LogP contribution in [-0.4, -0.2) is 0 Å². The summed E-state index contributed by atoms with van der Waals surface area (Å²) in [6.07, 6.45) is 0. The molecule has 0 saturated carbocycles. The summed E-state index contributed by atoms with van der Waals surface area (Å²) in [4.78, 5) is 0. The molecular formula is C42H24S2. The molecule has 2 heterocycles. The van der Waals surface area contributed by atoms with Crippen molar-refractivity contribution in [2.75, 3.05) is 0 Å². The second-order valence-electron chi connectivity index (χ2n) is 11.6. The van der Waals surface area contributed by atoms with Crippen LogP contribution in [0.25, 0.3) is 94.9 Å². The van der Waals surface area contributed by atoms with Crippen LogP contribution in [0.5, 0.6) is 0 Å². The van der Waals surface area contributed by atoms with Gasteiger partial charge in [0.1, 0.15) is 0 Å². The van der Waals surface area contributed by atoms with Crippen molar-refractivity contribution < 1.29 is 0 Å². The topological polar surface area (TPSA) is 0 Å². The van der Waals surface area contributed by atoms with Crippen molar-refractivity contribution in [2.24, 2.45) is 0 Å². The summed E-state index contributed by atoms with van der Waals surface area (Å²) in [5.74, 6) is 0. The molecule has 0 atom stereocenters. The van der Waals surface area contributed by atoms with Gasteiger partial charge in [0, 0.05) is 40.3 Å². The molecule has 0 saturated heterocycles. The SMILES string of the molecule is c1ccc(-c2c3ccccc3c(-c3ccc4c(c3)sc3ccc5sc6c7ccccc7ccc6c5c34)c3ccccc23)cc1. The molecular weight excluding hydrogens is 569 g/mol. The Morgan fingerprint density at radius 1 is 0.318 bits per heavy atom. The Morgan fingerprint density at radius 2 is 0.864 bits per heavy atom. The Morgan fingerprint density at radius 3 is 1.57 bits per heavy atom. The maximum Gasteiger partial charge on any atom is 0.0434 e. The quantitative estimate of drug-likeness (QED) is 0.175. The molecule has 8 aromatic carbocycles. The summed E-state index contributed by atoms with van der Waals surface area (Å²) < 4.78 is 5.44. The van der Waals surface area contributed by atoms with Crippen molar-refractivity contribution >= 4 is 95.3 Å². The fourth-order valence-corrected chi connectivity index (χ4v) is 9.77. The van der Waals surface area contributed by atoms with E-state index in [1.54, 1.807) is 0 Å². The first-order valence-electron chi connectivity index (χ1n) is 15.0. The molecule has 44 heavy (non-hydrogen) atoms. The van der Waals surface area contributed by atoms with Crippen molar-refractivity contribution in [1.82, 2.24) is 0 Å². The van der Waals surface area contributed by atoms with Gasteiger partial charge in [-0.25, -0.2) is 0 Å². The van der Waals surface area contributed by atoms with Gasteiger partial charge in [-0.1, -0.05) is 127 Å². The lowest BCUT2D eigenvalue weighted by Crippen LogP contribution is -1.90. The third kappa shape index (κ3) is 3.38. The van der Waals surface area contributed by atoms with E-state index in [0.717, 1.165) is 0 Å². The highest BCUT2D eigenvalue weighted by Gasteiger charge is 2.19. The smallest absolute Gasteiger partial charge is 0.0434 e. The fraction of sp³-hybridized carbons (Fsp3) is 0. The van der Waals surface area contributed by atoms with Gasteiger partial charge in [-0.3, -0.25) is 0 Å². The van der Waals surface area contributed by atoms with E-state index in [0.29, 0.717) is 0 Å². The molecule has 0 spiro atoms. The zero-order valence-corrected chi connectivity index (χ0v) is 25.3. The number of rotatable bonds is 2. The Kier molecular flexibility index (Phi) is 5.13. The van der Waals surface area contributed by atoms with Crippen molar-refractivity contribution in [3.63, 3.8) is 0 Å². The molecule has 10 rings (SSSR count). The molecule has 0 radical (unpaired) electrons. The lowest BCUT2D eigenvalue weighted by atomic mass is 9.86. The minimum Gasteiger partial charge on any atom is -0.135 e. The summed E-state index contributed by atoms with van der Waals surface area (Å²) in [5.41, 5.74) is 5.15. The van der Waals surface area contributed by atoms with E-state index < -0.39 is 0 Å². The molecule has 0 unspecified atom stereocenters. The molecule has 0 amide bonds. The van der Waals surface area contributed by atoms with Crippen molar-refractivity contribution in [1.29, 1.82) is 0 Å². The molecule has 0 aliphatic carbocycles. The van der Waals surface area contributed by atoms with E-state index >= 15 is 0 Å². The summed E-state index contributed by atoms with van der Waals surface area (Å²) in [5, 5.41) is 13.3. The van der Waals surface area contributed by atoms with Crippen LogP contribution in [0, 0.1) is 0 Å². The molecule has 204 valence electrons. The van der Waals surface area contributed by atoms with Crippen molar-refractivity contribution in [3.8, 4) is 22.3 Å².